The van der Waals surface area contributed by atoms with Crippen LogP contribution >= 0.6 is 0 Å². The topological polar surface area (TPSA) is 65.0 Å². The van der Waals surface area contributed by atoms with E-state index in [1.807, 2.05) is 60.7 Å². The van der Waals surface area contributed by atoms with Gasteiger partial charge in [-0.2, -0.15) is 0 Å². The highest BCUT2D eigenvalue weighted by atomic mass is 16.3. The van der Waals surface area contributed by atoms with Gasteiger partial charge >= 0.3 is 0 Å². The Balaban J connectivity index is 1.04. The fourth-order valence-electron chi connectivity index (χ4n) is 10.7. The highest BCUT2D eigenvalue weighted by molar-refractivity contribution is 6.07. The minimum Gasteiger partial charge on any atom is -0.456 e. The summed E-state index contributed by atoms with van der Waals surface area (Å²) in [5.41, 5.74) is 17.8. The molecule has 3 heterocycles. The number of furan rings is 2. The Bertz CT molecular complexity index is 3720. The lowest BCUT2D eigenvalue weighted by Gasteiger charge is -2.35. The van der Waals surface area contributed by atoms with Crippen LogP contribution in [0.25, 0.3) is 111 Å². The van der Waals surface area contributed by atoms with Crippen molar-refractivity contribution < 1.29 is 8.83 Å². The summed E-state index contributed by atoms with van der Waals surface area (Å²) in [6.07, 6.45) is 0. The lowest BCUT2D eigenvalue weighted by Crippen LogP contribution is -2.29. The summed E-state index contributed by atoms with van der Waals surface area (Å²) < 4.78 is 12.5. The average Bonchev–Trinajstić information content (AvgIpc) is 3.99. The second-order valence-electron chi connectivity index (χ2n) is 16.6. The number of nitrogens with zero attached hydrogens (tertiary/aromatic N) is 3. The van der Waals surface area contributed by atoms with Gasteiger partial charge in [-0.05, 0) is 110 Å². The maximum atomic E-state index is 6.23. The quantitative estimate of drug-likeness (QED) is 0.178. The van der Waals surface area contributed by atoms with Crippen LogP contribution in [-0.4, -0.2) is 15.0 Å². The molecule has 14 rings (SSSR count). The smallest absolute Gasteiger partial charge is 0.164 e. The van der Waals surface area contributed by atoms with Crippen LogP contribution in [0.2, 0.25) is 0 Å². The summed E-state index contributed by atoms with van der Waals surface area (Å²) in [4.78, 5) is 15.9. The van der Waals surface area contributed by atoms with E-state index in [0.717, 1.165) is 66.1 Å². The number of para-hydroxylation sites is 2. The van der Waals surface area contributed by atoms with Crippen LogP contribution in [0, 0.1) is 0 Å². The van der Waals surface area contributed by atoms with Crippen molar-refractivity contribution in [3.63, 3.8) is 0 Å². The molecule has 292 valence electrons. The summed E-state index contributed by atoms with van der Waals surface area (Å²) in [7, 11) is 0. The largest absolute Gasteiger partial charge is 0.456 e. The summed E-state index contributed by atoms with van der Waals surface area (Å²) in [5, 5.41) is 4.13. The molecule has 0 bridgehead atoms. The highest BCUT2D eigenvalue weighted by Gasteiger charge is 2.49. The standard InChI is InChI=1S/C58H33N3O2/c1-2-14-38-37(13-1)39-15-3-8-20-47(39)58(48-21-9-4-16-40(48)41-17-5-10-22-49(41)58)50-28-25-34(31-44(38)50)55-59-56(35-26-29-53-45(32-35)42-18-6-11-23-51(42)62-53)61-57(60-55)36-27-30-54-46(33-36)43-19-7-12-24-52(43)63-54/h1-33H. The fraction of sp³-hybridized carbons (Fsp3) is 0.0172. The monoisotopic (exact) mass is 803 g/mol. The number of rotatable bonds is 3. The van der Waals surface area contributed by atoms with Crippen LogP contribution in [-0.2, 0) is 5.41 Å². The molecule has 0 N–H and O–H groups in total. The van der Waals surface area contributed by atoms with Crippen molar-refractivity contribution in [2.24, 2.45) is 0 Å². The third kappa shape index (κ3) is 4.79. The second kappa shape index (κ2) is 12.8. The van der Waals surface area contributed by atoms with Gasteiger partial charge in [-0.25, -0.2) is 15.0 Å². The highest BCUT2D eigenvalue weighted by Crippen LogP contribution is 2.61. The fourth-order valence-corrected chi connectivity index (χ4v) is 10.7. The van der Waals surface area contributed by atoms with E-state index in [1.54, 1.807) is 0 Å². The number of hydrogen-bond donors (Lipinski definition) is 0. The molecule has 0 radical (unpaired) electrons. The molecule has 0 saturated carbocycles. The summed E-state index contributed by atoms with van der Waals surface area (Å²) in [6.45, 7) is 0. The first kappa shape index (κ1) is 34.3. The van der Waals surface area contributed by atoms with E-state index in [-0.39, 0.29) is 0 Å². The molecule has 3 aromatic heterocycles. The van der Waals surface area contributed by atoms with E-state index in [2.05, 4.69) is 140 Å². The van der Waals surface area contributed by atoms with E-state index in [9.17, 15) is 0 Å². The van der Waals surface area contributed by atoms with Crippen LogP contribution in [0.3, 0.4) is 0 Å². The van der Waals surface area contributed by atoms with Gasteiger partial charge in [-0.3, -0.25) is 0 Å². The van der Waals surface area contributed by atoms with Crippen LogP contribution in [0.5, 0.6) is 0 Å². The molecule has 0 amide bonds. The minimum atomic E-state index is -0.572. The van der Waals surface area contributed by atoms with E-state index in [1.165, 1.54) is 50.1 Å². The summed E-state index contributed by atoms with van der Waals surface area (Å²) in [6, 6.07) is 71.2. The van der Waals surface area contributed by atoms with Crippen molar-refractivity contribution in [3.05, 3.63) is 222 Å². The predicted octanol–water partition coefficient (Wildman–Crippen LogP) is 14.7. The molecule has 0 unspecified atom stereocenters. The molecule has 5 nitrogen and oxygen atoms in total. The zero-order chi connectivity index (χ0) is 41.2. The van der Waals surface area contributed by atoms with Crippen molar-refractivity contribution in [1.29, 1.82) is 0 Å². The molecule has 12 aromatic rings. The summed E-state index contributed by atoms with van der Waals surface area (Å²) >= 11 is 0. The number of aromatic nitrogens is 3. The van der Waals surface area contributed by atoms with Gasteiger partial charge in [0.05, 0.1) is 5.41 Å². The second-order valence-corrected chi connectivity index (χ2v) is 16.6. The van der Waals surface area contributed by atoms with Gasteiger partial charge in [0.1, 0.15) is 22.3 Å². The van der Waals surface area contributed by atoms with Gasteiger partial charge in [-0.1, -0.05) is 146 Å². The van der Waals surface area contributed by atoms with Crippen LogP contribution < -0.4 is 0 Å². The van der Waals surface area contributed by atoms with Crippen LogP contribution in [0.1, 0.15) is 22.3 Å². The molecule has 1 spiro atoms. The van der Waals surface area contributed by atoms with Gasteiger partial charge < -0.3 is 8.83 Å². The van der Waals surface area contributed by atoms with Crippen molar-refractivity contribution in [1.82, 2.24) is 15.0 Å². The molecule has 63 heavy (non-hydrogen) atoms. The lowest BCUT2D eigenvalue weighted by atomic mass is 9.66. The van der Waals surface area contributed by atoms with E-state index in [0.29, 0.717) is 17.5 Å². The van der Waals surface area contributed by atoms with Crippen molar-refractivity contribution in [3.8, 4) is 67.5 Å². The first-order chi connectivity index (χ1) is 31.2. The van der Waals surface area contributed by atoms with Gasteiger partial charge in [0.15, 0.2) is 17.5 Å². The molecule has 2 aliphatic rings. The Hall–Kier alpha value is -8.41. The molecule has 0 atom stereocenters. The predicted molar refractivity (Wildman–Crippen MR) is 252 cm³/mol. The Morgan fingerprint density at radius 1 is 0.270 bits per heavy atom. The maximum Gasteiger partial charge on any atom is 0.164 e. The zero-order valence-electron chi connectivity index (χ0n) is 33.7. The van der Waals surface area contributed by atoms with Crippen molar-refractivity contribution in [2.75, 3.05) is 0 Å². The van der Waals surface area contributed by atoms with Crippen molar-refractivity contribution >= 4 is 43.9 Å². The number of hydrogen-bond acceptors (Lipinski definition) is 5. The number of benzene rings is 9. The third-order valence-electron chi connectivity index (χ3n) is 13.4. The van der Waals surface area contributed by atoms with E-state index >= 15 is 0 Å². The molecular formula is C58H33N3O2. The Labute approximate surface area is 361 Å². The molecule has 0 saturated heterocycles. The molecule has 0 fully saturated rings. The number of fused-ring (bicyclic) bond motifs is 18. The first-order valence-electron chi connectivity index (χ1n) is 21.3. The Morgan fingerprint density at radius 2 is 0.619 bits per heavy atom. The van der Waals surface area contributed by atoms with Gasteiger partial charge in [0.2, 0.25) is 0 Å². The molecule has 9 aromatic carbocycles. The summed E-state index contributed by atoms with van der Waals surface area (Å²) in [5.74, 6) is 1.75. The maximum absolute atomic E-state index is 6.23. The van der Waals surface area contributed by atoms with Crippen molar-refractivity contribution in [2.45, 2.75) is 5.41 Å². The van der Waals surface area contributed by atoms with Crippen LogP contribution in [0.4, 0.5) is 0 Å². The van der Waals surface area contributed by atoms with Gasteiger partial charge in [0.25, 0.3) is 0 Å². The molecular weight excluding hydrogens is 771 g/mol. The lowest BCUT2D eigenvalue weighted by molar-refractivity contribution is 0.668. The normalized spacial score (nSPS) is 13.2. The minimum absolute atomic E-state index is 0.572. The zero-order valence-corrected chi connectivity index (χ0v) is 33.7. The SMILES string of the molecule is c1ccc2c(c1)-c1ccccc1C1(c3ccc(-c4nc(-c5ccc6oc7ccccc7c6c5)nc(-c5ccc6oc7ccccc7c6c5)n4)cc3-2)c2ccccc2-c2ccccc21. The van der Waals surface area contributed by atoms with E-state index in [4.69, 9.17) is 23.8 Å². The Kier molecular flexibility index (Phi) is 6.97. The van der Waals surface area contributed by atoms with Gasteiger partial charge in [-0.15, -0.1) is 0 Å². The molecule has 2 aliphatic carbocycles. The first-order valence-corrected chi connectivity index (χ1v) is 21.3. The van der Waals surface area contributed by atoms with Gasteiger partial charge in [0, 0.05) is 38.2 Å². The molecule has 5 heteroatoms. The molecule has 0 aliphatic heterocycles. The Morgan fingerprint density at radius 3 is 1.13 bits per heavy atom. The third-order valence-corrected chi connectivity index (χ3v) is 13.4. The van der Waals surface area contributed by atoms with E-state index < -0.39 is 5.41 Å². The van der Waals surface area contributed by atoms with Crippen LogP contribution in [0.15, 0.2) is 209 Å². The average molecular weight is 804 g/mol.